The van der Waals surface area contributed by atoms with Gasteiger partial charge >= 0.3 is 5.97 Å². The summed E-state index contributed by atoms with van der Waals surface area (Å²) < 4.78 is 10.1. The van der Waals surface area contributed by atoms with Gasteiger partial charge in [-0.3, -0.25) is 0 Å². The molecule has 1 saturated heterocycles. The first kappa shape index (κ1) is 10.9. The summed E-state index contributed by atoms with van der Waals surface area (Å²) in [7, 11) is 1.90. The van der Waals surface area contributed by atoms with Crippen molar-refractivity contribution in [3.8, 4) is 0 Å². The number of ether oxygens (including phenoxy) is 1. The third-order valence-electron chi connectivity index (χ3n) is 2.59. The van der Waals surface area contributed by atoms with E-state index in [2.05, 4.69) is 10.3 Å². The molecule has 0 radical (unpaired) electrons. The van der Waals surface area contributed by atoms with Crippen LogP contribution in [0, 0.1) is 0 Å². The molecule has 0 amide bonds. The van der Waals surface area contributed by atoms with Gasteiger partial charge in [-0.05, 0) is 6.92 Å². The van der Waals surface area contributed by atoms with Crippen LogP contribution in [0.5, 0.6) is 0 Å². The van der Waals surface area contributed by atoms with E-state index in [4.69, 9.17) is 9.15 Å². The SMILES string of the molecule is CCOC(=O)c1coc(N(C)C2CNC2)n1. The van der Waals surface area contributed by atoms with Crippen molar-refractivity contribution in [3.63, 3.8) is 0 Å². The molecule has 0 unspecified atom stereocenters. The summed E-state index contributed by atoms with van der Waals surface area (Å²) in [6, 6.07) is 0.836. The highest BCUT2D eigenvalue weighted by Gasteiger charge is 2.25. The van der Waals surface area contributed by atoms with Crippen LogP contribution in [0.4, 0.5) is 6.01 Å². The normalized spacial score (nSPS) is 15.6. The molecule has 1 N–H and O–H groups in total. The van der Waals surface area contributed by atoms with Crippen LogP contribution >= 0.6 is 0 Å². The Labute approximate surface area is 93.6 Å². The molecular formula is C10H15N3O3. The van der Waals surface area contributed by atoms with Gasteiger partial charge in [-0.1, -0.05) is 0 Å². The Balaban J connectivity index is 2.03. The number of rotatable bonds is 4. The zero-order valence-electron chi connectivity index (χ0n) is 9.40. The molecular weight excluding hydrogens is 210 g/mol. The van der Waals surface area contributed by atoms with Crippen molar-refractivity contribution in [1.82, 2.24) is 10.3 Å². The van der Waals surface area contributed by atoms with Crippen LogP contribution in [0.2, 0.25) is 0 Å². The monoisotopic (exact) mass is 225 g/mol. The average Bonchev–Trinajstić information content (AvgIpc) is 2.63. The maximum Gasteiger partial charge on any atom is 0.360 e. The highest BCUT2D eigenvalue weighted by Crippen LogP contribution is 2.16. The van der Waals surface area contributed by atoms with Crippen molar-refractivity contribution in [1.29, 1.82) is 0 Å². The Kier molecular flexibility index (Phi) is 3.09. The molecule has 2 rings (SSSR count). The molecule has 1 aromatic heterocycles. The van der Waals surface area contributed by atoms with E-state index in [-0.39, 0.29) is 5.69 Å². The standard InChI is InChI=1S/C10H15N3O3/c1-3-15-9(14)8-6-16-10(12-8)13(2)7-4-11-5-7/h6-7,11H,3-5H2,1-2H3. The first-order chi connectivity index (χ1) is 7.72. The zero-order valence-corrected chi connectivity index (χ0v) is 9.40. The molecule has 1 fully saturated rings. The first-order valence-electron chi connectivity index (χ1n) is 5.28. The second-order valence-corrected chi connectivity index (χ2v) is 3.66. The van der Waals surface area contributed by atoms with Crippen molar-refractivity contribution in [3.05, 3.63) is 12.0 Å². The van der Waals surface area contributed by atoms with Gasteiger partial charge in [-0.2, -0.15) is 4.98 Å². The van der Waals surface area contributed by atoms with E-state index in [1.165, 1.54) is 6.26 Å². The van der Waals surface area contributed by atoms with Crippen LogP contribution < -0.4 is 10.2 Å². The van der Waals surface area contributed by atoms with Crippen LogP contribution in [0.25, 0.3) is 0 Å². The number of aromatic nitrogens is 1. The lowest BCUT2D eigenvalue weighted by atomic mass is 10.1. The summed E-state index contributed by atoms with van der Waals surface area (Å²) in [4.78, 5) is 17.4. The van der Waals surface area contributed by atoms with Crippen LogP contribution in [0.15, 0.2) is 10.7 Å². The highest BCUT2D eigenvalue weighted by molar-refractivity contribution is 5.87. The number of hydrogen-bond donors (Lipinski definition) is 1. The Morgan fingerprint density at radius 3 is 3.06 bits per heavy atom. The fraction of sp³-hybridized carbons (Fsp3) is 0.600. The van der Waals surface area contributed by atoms with E-state index in [1.807, 2.05) is 11.9 Å². The molecule has 6 heteroatoms. The number of esters is 1. The second-order valence-electron chi connectivity index (χ2n) is 3.66. The Morgan fingerprint density at radius 2 is 2.50 bits per heavy atom. The van der Waals surface area contributed by atoms with Gasteiger partial charge < -0.3 is 19.4 Å². The van der Waals surface area contributed by atoms with Crippen LogP contribution in [-0.4, -0.2) is 43.7 Å². The second kappa shape index (κ2) is 4.52. The topological polar surface area (TPSA) is 67.6 Å². The van der Waals surface area contributed by atoms with E-state index < -0.39 is 5.97 Å². The van der Waals surface area contributed by atoms with E-state index in [0.29, 0.717) is 18.7 Å². The summed E-state index contributed by atoms with van der Waals surface area (Å²) in [6.07, 6.45) is 1.33. The molecule has 1 aliphatic heterocycles. The third-order valence-corrected chi connectivity index (χ3v) is 2.59. The molecule has 6 nitrogen and oxygen atoms in total. The van der Waals surface area contributed by atoms with E-state index in [0.717, 1.165) is 13.1 Å². The number of oxazole rings is 1. The van der Waals surface area contributed by atoms with Gasteiger partial charge in [0.05, 0.1) is 12.6 Å². The number of carbonyl (C=O) groups excluding carboxylic acids is 1. The number of nitrogens with zero attached hydrogens (tertiary/aromatic N) is 2. The molecule has 1 aromatic rings. The molecule has 0 bridgehead atoms. The summed E-state index contributed by atoms with van der Waals surface area (Å²) in [5.41, 5.74) is 0.219. The van der Waals surface area contributed by atoms with Gasteiger partial charge in [0.25, 0.3) is 6.01 Å². The molecule has 2 heterocycles. The van der Waals surface area contributed by atoms with E-state index in [9.17, 15) is 4.79 Å². The highest BCUT2D eigenvalue weighted by atomic mass is 16.5. The van der Waals surface area contributed by atoms with Crippen LogP contribution in [-0.2, 0) is 4.74 Å². The number of hydrogen-bond acceptors (Lipinski definition) is 6. The molecule has 16 heavy (non-hydrogen) atoms. The molecule has 0 saturated carbocycles. The lowest BCUT2D eigenvalue weighted by Gasteiger charge is -2.34. The number of carbonyl (C=O) groups is 1. The van der Waals surface area contributed by atoms with Crippen LogP contribution in [0.3, 0.4) is 0 Å². The van der Waals surface area contributed by atoms with Gasteiger partial charge in [0, 0.05) is 20.1 Å². The lowest BCUT2D eigenvalue weighted by Crippen LogP contribution is -2.56. The van der Waals surface area contributed by atoms with Gasteiger partial charge in [0.15, 0.2) is 5.69 Å². The lowest BCUT2D eigenvalue weighted by molar-refractivity contribution is 0.0519. The minimum Gasteiger partial charge on any atom is -0.461 e. The minimum absolute atomic E-state index is 0.219. The number of nitrogens with one attached hydrogen (secondary N) is 1. The van der Waals surface area contributed by atoms with Gasteiger partial charge in [-0.15, -0.1) is 0 Å². The van der Waals surface area contributed by atoms with Crippen molar-refractivity contribution < 1.29 is 13.9 Å². The first-order valence-corrected chi connectivity index (χ1v) is 5.28. The summed E-state index contributed by atoms with van der Waals surface area (Å²) in [5, 5.41) is 3.16. The average molecular weight is 225 g/mol. The molecule has 88 valence electrons. The number of likely N-dealkylation sites (N-methyl/N-ethyl adjacent to an activating group) is 1. The number of anilines is 1. The summed E-state index contributed by atoms with van der Waals surface area (Å²) in [6.45, 7) is 3.91. The van der Waals surface area contributed by atoms with Crippen molar-refractivity contribution in [2.24, 2.45) is 0 Å². The Bertz CT molecular complexity index is 373. The van der Waals surface area contributed by atoms with Crippen molar-refractivity contribution in [2.75, 3.05) is 31.6 Å². The minimum atomic E-state index is -0.447. The fourth-order valence-electron chi connectivity index (χ4n) is 1.43. The smallest absolute Gasteiger partial charge is 0.360 e. The van der Waals surface area contributed by atoms with Crippen LogP contribution in [0.1, 0.15) is 17.4 Å². The van der Waals surface area contributed by atoms with Gasteiger partial charge in [-0.25, -0.2) is 4.79 Å². The van der Waals surface area contributed by atoms with Crippen molar-refractivity contribution >= 4 is 12.0 Å². The molecule has 0 atom stereocenters. The summed E-state index contributed by atoms with van der Waals surface area (Å²) >= 11 is 0. The largest absolute Gasteiger partial charge is 0.461 e. The maximum absolute atomic E-state index is 11.4. The van der Waals surface area contributed by atoms with Gasteiger partial charge in [0.1, 0.15) is 6.26 Å². The summed E-state index contributed by atoms with van der Waals surface area (Å²) in [5.74, 6) is -0.447. The predicted molar refractivity (Wildman–Crippen MR) is 57.5 cm³/mol. The Hall–Kier alpha value is -1.56. The quantitative estimate of drug-likeness (QED) is 0.741. The fourth-order valence-corrected chi connectivity index (χ4v) is 1.43. The van der Waals surface area contributed by atoms with E-state index >= 15 is 0 Å². The maximum atomic E-state index is 11.4. The predicted octanol–water partition coefficient (Wildman–Crippen LogP) is 0.259. The molecule has 0 aromatic carbocycles. The van der Waals surface area contributed by atoms with E-state index in [1.54, 1.807) is 6.92 Å². The Morgan fingerprint density at radius 1 is 1.75 bits per heavy atom. The molecule has 1 aliphatic rings. The third kappa shape index (κ3) is 2.01. The molecule has 0 aliphatic carbocycles. The zero-order chi connectivity index (χ0) is 11.5. The molecule has 0 spiro atoms. The van der Waals surface area contributed by atoms with Crippen molar-refractivity contribution in [2.45, 2.75) is 13.0 Å². The van der Waals surface area contributed by atoms with Gasteiger partial charge in [0.2, 0.25) is 0 Å².